The Bertz CT molecular complexity index is 464. The van der Waals surface area contributed by atoms with Crippen LogP contribution in [0.25, 0.3) is 0 Å². The summed E-state index contributed by atoms with van der Waals surface area (Å²) in [6.07, 6.45) is 5.29. The fourth-order valence-electron chi connectivity index (χ4n) is 3.34. The number of esters is 1. The van der Waals surface area contributed by atoms with E-state index in [9.17, 15) is 14.4 Å². The van der Waals surface area contributed by atoms with Gasteiger partial charge >= 0.3 is 5.97 Å². The molecule has 3 fully saturated rings. The van der Waals surface area contributed by atoms with Gasteiger partial charge in [0.2, 0.25) is 11.8 Å². The zero-order chi connectivity index (χ0) is 15.5. The summed E-state index contributed by atoms with van der Waals surface area (Å²) in [4.78, 5) is 37.6. The molecule has 3 rings (SSSR count). The van der Waals surface area contributed by atoms with Gasteiger partial charge < -0.3 is 15.0 Å². The fraction of sp³-hybridized carbons (Fsp3) is 0.800. The molecule has 2 saturated heterocycles. The summed E-state index contributed by atoms with van der Waals surface area (Å²) < 4.78 is 5.34. The number of ether oxygens (including phenoxy) is 1. The number of thioether (sulfide) groups is 1. The van der Waals surface area contributed by atoms with Gasteiger partial charge in [0, 0.05) is 18.1 Å². The minimum absolute atomic E-state index is 0.00973. The van der Waals surface area contributed by atoms with E-state index in [0.29, 0.717) is 24.5 Å². The molecule has 0 aromatic rings. The lowest BCUT2D eigenvalue weighted by Gasteiger charge is -2.25. The van der Waals surface area contributed by atoms with Crippen LogP contribution in [0.5, 0.6) is 0 Å². The first-order valence-electron chi connectivity index (χ1n) is 7.99. The van der Waals surface area contributed by atoms with E-state index < -0.39 is 6.04 Å². The lowest BCUT2D eigenvalue weighted by Crippen LogP contribution is -2.45. The zero-order valence-corrected chi connectivity index (χ0v) is 13.4. The van der Waals surface area contributed by atoms with Crippen LogP contribution in [-0.2, 0) is 19.1 Å². The van der Waals surface area contributed by atoms with Gasteiger partial charge in [-0.15, -0.1) is 11.8 Å². The minimum atomic E-state index is -0.463. The van der Waals surface area contributed by atoms with E-state index in [2.05, 4.69) is 5.32 Å². The first-order chi connectivity index (χ1) is 10.6. The molecule has 1 aliphatic carbocycles. The third-order valence-corrected chi connectivity index (χ3v) is 5.67. The van der Waals surface area contributed by atoms with E-state index in [-0.39, 0.29) is 36.4 Å². The summed E-state index contributed by atoms with van der Waals surface area (Å²) >= 11 is 1.60. The standard InChI is InChI=1S/C15H22N2O4S/c18-13-6-5-11(16-13)7-21-15(20)12-8-22-9-17(12)14(19)10-3-1-2-4-10/h10-12H,1-9H2,(H,16,18)/t11-,12+/m0/s1. The molecule has 3 aliphatic rings. The van der Waals surface area contributed by atoms with Gasteiger partial charge in [-0.25, -0.2) is 4.79 Å². The van der Waals surface area contributed by atoms with Gasteiger partial charge in [0.1, 0.15) is 12.6 Å². The molecule has 1 N–H and O–H groups in total. The largest absolute Gasteiger partial charge is 0.462 e. The number of rotatable bonds is 4. The second kappa shape index (κ2) is 6.89. The predicted molar refractivity (Wildman–Crippen MR) is 82.0 cm³/mol. The van der Waals surface area contributed by atoms with E-state index in [1.165, 1.54) is 0 Å². The molecule has 6 nitrogen and oxygen atoms in total. The summed E-state index contributed by atoms with van der Waals surface area (Å²) in [6, 6.07) is -0.542. The van der Waals surface area contributed by atoms with Crippen molar-refractivity contribution in [1.29, 1.82) is 0 Å². The number of carbonyl (C=O) groups excluding carboxylic acids is 3. The topological polar surface area (TPSA) is 75.7 Å². The molecule has 0 aromatic carbocycles. The van der Waals surface area contributed by atoms with Crippen LogP contribution in [0.3, 0.4) is 0 Å². The molecular weight excluding hydrogens is 304 g/mol. The van der Waals surface area contributed by atoms with Crippen LogP contribution < -0.4 is 5.32 Å². The van der Waals surface area contributed by atoms with Crippen LogP contribution in [0.4, 0.5) is 0 Å². The van der Waals surface area contributed by atoms with Crippen LogP contribution in [0.1, 0.15) is 38.5 Å². The molecular formula is C15H22N2O4S. The third kappa shape index (κ3) is 3.39. The van der Waals surface area contributed by atoms with Crippen molar-refractivity contribution >= 4 is 29.5 Å². The highest BCUT2D eigenvalue weighted by molar-refractivity contribution is 7.99. The number of nitrogens with zero attached hydrogens (tertiary/aromatic N) is 1. The summed E-state index contributed by atoms with van der Waals surface area (Å²) in [5, 5.41) is 2.78. The molecule has 2 atom stereocenters. The summed E-state index contributed by atoms with van der Waals surface area (Å²) in [7, 11) is 0. The van der Waals surface area contributed by atoms with Crippen LogP contribution >= 0.6 is 11.8 Å². The highest BCUT2D eigenvalue weighted by Gasteiger charge is 2.39. The Morgan fingerprint density at radius 3 is 2.73 bits per heavy atom. The van der Waals surface area contributed by atoms with Gasteiger partial charge in [-0.2, -0.15) is 0 Å². The normalized spacial score (nSPS) is 28.9. The minimum Gasteiger partial charge on any atom is -0.462 e. The fourth-order valence-corrected chi connectivity index (χ4v) is 4.49. The molecule has 7 heteroatoms. The monoisotopic (exact) mass is 326 g/mol. The van der Waals surface area contributed by atoms with Gasteiger partial charge in [-0.3, -0.25) is 9.59 Å². The second-order valence-corrected chi connectivity index (χ2v) is 7.24. The first kappa shape index (κ1) is 15.6. The Morgan fingerprint density at radius 1 is 1.27 bits per heavy atom. The van der Waals surface area contributed by atoms with Crippen molar-refractivity contribution in [3.63, 3.8) is 0 Å². The molecule has 2 aliphatic heterocycles. The lowest BCUT2D eigenvalue weighted by atomic mass is 10.1. The Kier molecular flexibility index (Phi) is 4.90. The van der Waals surface area contributed by atoms with Crippen molar-refractivity contribution < 1.29 is 19.1 Å². The molecule has 0 unspecified atom stereocenters. The summed E-state index contributed by atoms with van der Waals surface area (Å²) in [5.41, 5.74) is 0. The van der Waals surface area contributed by atoms with Gasteiger partial charge in [0.25, 0.3) is 0 Å². The highest BCUT2D eigenvalue weighted by Crippen LogP contribution is 2.31. The van der Waals surface area contributed by atoms with E-state index in [0.717, 1.165) is 25.7 Å². The van der Waals surface area contributed by atoms with Crippen molar-refractivity contribution in [2.75, 3.05) is 18.2 Å². The third-order valence-electron chi connectivity index (χ3n) is 4.65. The van der Waals surface area contributed by atoms with E-state index >= 15 is 0 Å². The smallest absolute Gasteiger partial charge is 0.329 e. The number of amides is 2. The maximum absolute atomic E-state index is 12.5. The maximum atomic E-state index is 12.5. The lowest BCUT2D eigenvalue weighted by molar-refractivity contribution is -0.154. The summed E-state index contributed by atoms with van der Waals surface area (Å²) in [5.74, 6) is 1.05. The number of nitrogens with one attached hydrogen (secondary N) is 1. The number of carbonyl (C=O) groups is 3. The molecule has 2 amide bonds. The second-order valence-electron chi connectivity index (χ2n) is 6.24. The van der Waals surface area contributed by atoms with Crippen molar-refractivity contribution in [2.45, 2.75) is 50.6 Å². The Balaban J connectivity index is 1.52. The van der Waals surface area contributed by atoms with E-state index in [1.54, 1.807) is 16.7 Å². The molecule has 0 bridgehead atoms. The molecule has 0 aromatic heterocycles. The van der Waals surface area contributed by atoms with Crippen LogP contribution in [0, 0.1) is 5.92 Å². The van der Waals surface area contributed by atoms with Crippen LogP contribution in [-0.4, -0.2) is 53.0 Å². The summed E-state index contributed by atoms with van der Waals surface area (Å²) in [6.45, 7) is 0.206. The Morgan fingerprint density at radius 2 is 2.05 bits per heavy atom. The SMILES string of the molecule is O=C1CC[C@@H](COC(=O)[C@H]2CSCN2C(=O)C2CCCC2)N1. The van der Waals surface area contributed by atoms with Crippen molar-refractivity contribution in [2.24, 2.45) is 5.92 Å². The van der Waals surface area contributed by atoms with Gasteiger partial charge in [0.05, 0.1) is 11.9 Å². The van der Waals surface area contributed by atoms with Gasteiger partial charge in [-0.05, 0) is 19.3 Å². The van der Waals surface area contributed by atoms with E-state index in [4.69, 9.17) is 4.74 Å². The molecule has 0 radical (unpaired) electrons. The van der Waals surface area contributed by atoms with Gasteiger partial charge in [0.15, 0.2) is 0 Å². The predicted octanol–water partition coefficient (Wildman–Crippen LogP) is 0.900. The average molecular weight is 326 g/mol. The van der Waals surface area contributed by atoms with Gasteiger partial charge in [-0.1, -0.05) is 12.8 Å². The zero-order valence-electron chi connectivity index (χ0n) is 12.6. The molecule has 2 heterocycles. The molecule has 22 heavy (non-hydrogen) atoms. The van der Waals surface area contributed by atoms with Crippen molar-refractivity contribution in [1.82, 2.24) is 10.2 Å². The number of hydrogen-bond donors (Lipinski definition) is 1. The van der Waals surface area contributed by atoms with Crippen molar-refractivity contribution in [3.05, 3.63) is 0 Å². The first-order valence-corrected chi connectivity index (χ1v) is 9.15. The van der Waals surface area contributed by atoms with Crippen molar-refractivity contribution in [3.8, 4) is 0 Å². The van der Waals surface area contributed by atoms with Crippen LogP contribution in [0.15, 0.2) is 0 Å². The Hall–Kier alpha value is -1.24. The molecule has 122 valence electrons. The molecule has 1 saturated carbocycles. The average Bonchev–Trinajstić information content (AvgIpc) is 3.25. The molecule has 0 spiro atoms. The highest BCUT2D eigenvalue weighted by atomic mass is 32.2. The Labute approximate surface area is 134 Å². The van der Waals surface area contributed by atoms with E-state index in [1.807, 2.05) is 0 Å². The van der Waals surface area contributed by atoms with Crippen LogP contribution in [0.2, 0.25) is 0 Å². The quantitative estimate of drug-likeness (QED) is 0.777. The number of hydrogen-bond acceptors (Lipinski definition) is 5. The maximum Gasteiger partial charge on any atom is 0.329 e.